The highest BCUT2D eigenvalue weighted by Gasteiger charge is 2.12. The highest BCUT2D eigenvalue weighted by atomic mass is 32.1. The summed E-state index contributed by atoms with van der Waals surface area (Å²) in [4.78, 5) is 9.70. The van der Waals surface area contributed by atoms with Crippen molar-refractivity contribution in [3.63, 3.8) is 0 Å². The lowest BCUT2D eigenvalue weighted by atomic mass is 10.1. The minimum Gasteiger partial charge on any atom is -0.376 e. The SMILES string of the molecule is CN=C(NCCOC1CCCCCC1)NCc1cnc(C)s1. The smallest absolute Gasteiger partial charge is 0.191 e. The Kier molecular flexibility index (Phi) is 7.66. The summed E-state index contributed by atoms with van der Waals surface area (Å²) >= 11 is 1.71. The Balaban J connectivity index is 1.59. The largest absolute Gasteiger partial charge is 0.376 e. The van der Waals surface area contributed by atoms with Crippen LogP contribution < -0.4 is 10.6 Å². The van der Waals surface area contributed by atoms with E-state index in [-0.39, 0.29) is 0 Å². The molecule has 1 fully saturated rings. The number of rotatable bonds is 6. The third kappa shape index (κ3) is 6.32. The predicted molar refractivity (Wildman–Crippen MR) is 92.5 cm³/mol. The minimum atomic E-state index is 0.458. The Morgan fingerprint density at radius 1 is 1.32 bits per heavy atom. The molecule has 5 nitrogen and oxygen atoms in total. The normalized spacial score (nSPS) is 17.3. The first kappa shape index (κ1) is 17.2. The second-order valence-electron chi connectivity index (χ2n) is 5.68. The van der Waals surface area contributed by atoms with Crippen molar-refractivity contribution in [1.82, 2.24) is 15.6 Å². The van der Waals surface area contributed by atoms with E-state index >= 15 is 0 Å². The fraction of sp³-hybridized carbons (Fsp3) is 0.750. The number of guanidine groups is 1. The standard InChI is InChI=1S/C16H28N4OS/c1-13-19-11-15(22-13)12-20-16(17-2)18-9-10-21-14-7-5-3-4-6-8-14/h11,14H,3-10,12H2,1-2H3,(H2,17,18,20). The van der Waals surface area contributed by atoms with Crippen LogP contribution in [-0.2, 0) is 11.3 Å². The molecular weight excluding hydrogens is 296 g/mol. The van der Waals surface area contributed by atoms with Gasteiger partial charge >= 0.3 is 0 Å². The number of nitrogens with one attached hydrogen (secondary N) is 2. The number of thiazole rings is 1. The van der Waals surface area contributed by atoms with Crippen LogP contribution >= 0.6 is 11.3 Å². The van der Waals surface area contributed by atoms with Gasteiger partial charge in [-0.2, -0.15) is 0 Å². The summed E-state index contributed by atoms with van der Waals surface area (Å²) in [7, 11) is 1.79. The lowest BCUT2D eigenvalue weighted by Crippen LogP contribution is -2.38. The van der Waals surface area contributed by atoms with Crippen LogP contribution in [0, 0.1) is 6.92 Å². The second-order valence-corrected chi connectivity index (χ2v) is 7.00. The predicted octanol–water partition coefficient (Wildman–Crippen LogP) is 2.86. The van der Waals surface area contributed by atoms with Gasteiger partial charge < -0.3 is 15.4 Å². The van der Waals surface area contributed by atoms with Crippen molar-refractivity contribution in [3.05, 3.63) is 16.1 Å². The molecule has 0 radical (unpaired) electrons. The van der Waals surface area contributed by atoms with Crippen LogP contribution in [0.1, 0.15) is 48.4 Å². The van der Waals surface area contributed by atoms with Gasteiger partial charge in [0.15, 0.2) is 5.96 Å². The van der Waals surface area contributed by atoms with Gasteiger partial charge in [0.1, 0.15) is 0 Å². The van der Waals surface area contributed by atoms with Crippen LogP contribution in [0.4, 0.5) is 0 Å². The molecular formula is C16H28N4OS. The van der Waals surface area contributed by atoms with Gasteiger partial charge in [-0.25, -0.2) is 4.98 Å². The van der Waals surface area contributed by atoms with Gasteiger partial charge in [-0.3, -0.25) is 4.99 Å². The highest BCUT2D eigenvalue weighted by molar-refractivity contribution is 7.11. The maximum atomic E-state index is 5.97. The Hall–Kier alpha value is -1.14. The molecule has 1 aliphatic rings. The average molecular weight is 324 g/mol. The Morgan fingerprint density at radius 3 is 2.73 bits per heavy atom. The molecule has 0 bridgehead atoms. The van der Waals surface area contributed by atoms with E-state index in [0.29, 0.717) is 6.10 Å². The zero-order valence-corrected chi connectivity index (χ0v) is 14.5. The lowest BCUT2D eigenvalue weighted by molar-refractivity contribution is 0.0468. The molecule has 1 aromatic rings. The number of hydrogen-bond acceptors (Lipinski definition) is 4. The number of ether oxygens (including phenoxy) is 1. The number of hydrogen-bond donors (Lipinski definition) is 2. The van der Waals surface area contributed by atoms with Crippen LogP contribution in [-0.4, -0.2) is 37.2 Å². The van der Waals surface area contributed by atoms with E-state index in [0.717, 1.165) is 30.7 Å². The number of aryl methyl sites for hydroxylation is 1. The number of nitrogens with zero attached hydrogens (tertiary/aromatic N) is 2. The van der Waals surface area contributed by atoms with E-state index in [1.807, 2.05) is 13.1 Å². The van der Waals surface area contributed by atoms with Crippen molar-refractivity contribution in [2.24, 2.45) is 4.99 Å². The topological polar surface area (TPSA) is 58.5 Å². The first-order chi connectivity index (χ1) is 10.8. The molecule has 0 aromatic carbocycles. The minimum absolute atomic E-state index is 0.458. The summed E-state index contributed by atoms with van der Waals surface area (Å²) in [5.41, 5.74) is 0. The first-order valence-electron chi connectivity index (χ1n) is 8.25. The van der Waals surface area contributed by atoms with E-state index in [1.165, 1.54) is 43.4 Å². The maximum Gasteiger partial charge on any atom is 0.191 e. The van der Waals surface area contributed by atoms with Crippen LogP contribution in [0.25, 0.3) is 0 Å². The second kappa shape index (κ2) is 9.79. The quantitative estimate of drug-likeness (QED) is 0.366. The van der Waals surface area contributed by atoms with E-state index in [2.05, 4.69) is 20.6 Å². The third-order valence-corrected chi connectivity index (χ3v) is 4.79. The summed E-state index contributed by atoms with van der Waals surface area (Å²) in [6, 6.07) is 0. The maximum absolute atomic E-state index is 5.97. The fourth-order valence-corrected chi connectivity index (χ4v) is 3.42. The Morgan fingerprint density at radius 2 is 2.09 bits per heavy atom. The number of aromatic nitrogens is 1. The molecule has 1 aliphatic carbocycles. The molecule has 0 amide bonds. The monoisotopic (exact) mass is 324 g/mol. The molecule has 1 saturated carbocycles. The van der Waals surface area contributed by atoms with E-state index in [1.54, 1.807) is 18.4 Å². The molecule has 1 heterocycles. The van der Waals surface area contributed by atoms with Crippen molar-refractivity contribution >= 4 is 17.3 Å². The van der Waals surface area contributed by atoms with Crippen molar-refractivity contribution in [2.45, 2.75) is 58.1 Å². The van der Waals surface area contributed by atoms with Crippen LogP contribution in [0.3, 0.4) is 0 Å². The molecule has 0 spiro atoms. The molecule has 1 aromatic heterocycles. The van der Waals surface area contributed by atoms with E-state index < -0.39 is 0 Å². The molecule has 22 heavy (non-hydrogen) atoms. The summed E-state index contributed by atoms with van der Waals surface area (Å²) in [6.07, 6.45) is 10.2. The Labute approximate surface area is 137 Å². The van der Waals surface area contributed by atoms with Crippen molar-refractivity contribution in [3.8, 4) is 0 Å². The van der Waals surface area contributed by atoms with Gasteiger partial charge in [-0.05, 0) is 19.8 Å². The molecule has 0 atom stereocenters. The molecule has 2 N–H and O–H groups in total. The van der Waals surface area contributed by atoms with Gasteiger partial charge in [0.25, 0.3) is 0 Å². The zero-order chi connectivity index (χ0) is 15.6. The van der Waals surface area contributed by atoms with Crippen LogP contribution in [0.15, 0.2) is 11.2 Å². The summed E-state index contributed by atoms with van der Waals surface area (Å²) in [5.74, 6) is 0.815. The number of aliphatic imine (C=N–C) groups is 1. The first-order valence-corrected chi connectivity index (χ1v) is 9.07. The van der Waals surface area contributed by atoms with Gasteiger partial charge in [0.2, 0.25) is 0 Å². The summed E-state index contributed by atoms with van der Waals surface area (Å²) in [5, 5.41) is 7.70. The lowest BCUT2D eigenvalue weighted by Gasteiger charge is -2.16. The molecule has 0 saturated heterocycles. The zero-order valence-electron chi connectivity index (χ0n) is 13.7. The van der Waals surface area contributed by atoms with Crippen molar-refractivity contribution in [1.29, 1.82) is 0 Å². The molecule has 2 rings (SSSR count). The van der Waals surface area contributed by atoms with E-state index in [9.17, 15) is 0 Å². The average Bonchev–Trinajstić information content (AvgIpc) is 2.78. The summed E-state index contributed by atoms with van der Waals surface area (Å²) < 4.78 is 5.97. The molecule has 0 unspecified atom stereocenters. The van der Waals surface area contributed by atoms with Crippen molar-refractivity contribution in [2.75, 3.05) is 20.2 Å². The van der Waals surface area contributed by atoms with Gasteiger partial charge in [-0.15, -0.1) is 11.3 Å². The Bertz CT molecular complexity index is 453. The van der Waals surface area contributed by atoms with Crippen molar-refractivity contribution < 1.29 is 4.74 Å². The van der Waals surface area contributed by atoms with Gasteiger partial charge in [0, 0.05) is 24.7 Å². The highest BCUT2D eigenvalue weighted by Crippen LogP contribution is 2.19. The molecule has 124 valence electrons. The van der Waals surface area contributed by atoms with Gasteiger partial charge in [-0.1, -0.05) is 25.7 Å². The van der Waals surface area contributed by atoms with Gasteiger partial charge in [0.05, 0.1) is 24.3 Å². The third-order valence-electron chi connectivity index (χ3n) is 3.87. The molecule has 0 aliphatic heterocycles. The fourth-order valence-electron chi connectivity index (χ4n) is 2.68. The van der Waals surface area contributed by atoms with E-state index in [4.69, 9.17) is 4.74 Å². The molecule has 6 heteroatoms. The summed E-state index contributed by atoms with van der Waals surface area (Å²) in [6.45, 7) is 4.31. The van der Waals surface area contributed by atoms with Crippen LogP contribution in [0.2, 0.25) is 0 Å². The van der Waals surface area contributed by atoms with Crippen LogP contribution in [0.5, 0.6) is 0 Å².